The van der Waals surface area contributed by atoms with E-state index in [4.69, 9.17) is 12.2 Å². The summed E-state index contributed by atoms with van der Waals surface area (Å²) in [5.41, 5.74) is 2.14. The van der Waals surface area contributed by atoms with Gasteiger partial charge in [-0.15, -0.1) is 5.70 Å². The van der Waals surface area contributed by atoms with Crippen LogP contribution in [0.25, 0.3) is 0 Å². The number of thiocarbonyl (C=S) groups is 1. The number of allylic oxidation sites excluding steroid dienone is 1. The van der Waals surface area contributed by atoms with Gasteiger partial charge in [-0.1, -0.05) is 36.5 Å². The minimum Gasteiger partial charge on any atom is -0.358 e. The lowest BCUT2D eigenvalue weighted by atomic mass is 10.1. The predicted octanol–water partition coefficient (Wildman–Crippen LogP) is 2.72. The Balaban J connectivity index is 0.000000796. The highest BCUT2D eigenvalue weighted by Crippen LogP contribution is 2.12. The molecule has 5 heteroatoms. The molecule has 2 nitrogen and oxygen atoms in total. The van der Waals surface area contributed by atoms with Crippen molar-refractivity contribution < 1.29 is 0 Å². The van der Waals surface area contributed by atoms with Gasteiger partial charge in [0.15, 0.2) is 0 Å². The minimum absolute atomic E-state index is 1.03. The van der Waals surface area contributed by atoms with Crippen molar-refractivity contribution in [3.63, 3.8) is 0 Å². The Morgan fingerprint density at radius 1 is 1.25 bits per heavy atom. The molecule has 0 aromatic rings. The predicted molar refractivity (Wildman–Crippen MR) is 103 cm³/mol. The van der Waals surface area contributed by atoms with E-state index in [0.29, 0.717) is 0 Å². The molecule has 0 spiro atoms. The van der Waals surface area contributed by atoms with Crippen LogP contribution in [0.3, 0.4) is 0 Å². The van der Waals surface area contributed by atoms with Gasteiger partial charge in [-0.05, 0) is 46.7 Å². The van der Waals surface area contributed by atoms with Crippen LogP contribution in [-0.2, 0) is 0 Å². The molecule has 1 aliphatic heterocycles. The van der Waals surface area contributed by atoms with Crippen molar-refractivity contribution in [2.75, 3.05) is 38.5 Å². The molecule has 0 N–H and O–H groups in total. The molecular weight excluding hydrogens is 300 g/mol. The van der Waals surface area contributed by atoms with Crippen molar-refractivity contribution in [1.82, 2.24) is 9.80 Å². The maximum Gasteiger partial charge on any atom is 0.136 e. The molecule has 0 atom stereocenters. The molecule has 1 rings (SSSR count). The molecule has 0 amide bonds. The van der Waals surface area contributed by atoms with Crippen LogP contribution in [0.15, 0.2) is 11.8 Å². The lowest BCUT2D eigenvalue weighted by molar-refractivity contribution is 0.242. The Morgan fingerprint density at radius 2 is 1.80 bits per heavy atom. The minimum atomic E-state index is 1.03. The summed E-state index contributed by atoms with van der Waals surface area (Å²) in [6.07, 6.45) is 6.24. The summed E-state index contributed by atoms with van der Waals surface area (Å²) >= 11 is 7.25. The van der Waals surface area contributed by atoms with Crippen LogP contribution < -0.4 is 0 Å². The summed E-state index contributed by atoms with van der Waals surface area (Å²) in [7, 11) is 1.21. The fourth-order valence-corrected chi connectivity index (χ4v) is 3.49. The lowest BCUT2D eigenvalue weighted by Gasteiger charge is -2.27. The van der Waals surface area contributed by atoms with Crippen LogP contribution in [0.1, 0.15) is 40.0 Å². The highest BCUT2D eigenvalue weighted by atomic mass is 32.2. The zero-order chi connectivity index (χ0) is 15.2. The molecule has 20 heavy (non-hydrogen) atoms. The molecule has 0 radical (unpaired) electrons. The second-order valence-electron chi connectivity index (χ2n) is 4.86. The van der Waals surface area contributed by atoms with Gasteiger partial charge < -0.3 is 9.80 Å². The zero-order valence-electron chi connectivity index (χ0n) is 13.7. The average molecular weight is 333 g/mol. The van der Waals surface area contributed by atoms with Gasteiger partial charge in [0.25, 0.3) is 0 Å². The van der Waals surface area contributed by atoms with Crippen molar-refractivity contribution in [2.45, 2.75) is 40.0 Å². The second-order valence-corrected chi connectivity index (χ2v) is 7.25. The molecule has 0 unspecified atom stereocenters. The van der Waals surface area contributed by atoms with Crippen LogP contribution in [0, 0.1) is 0 Å². The summed E-state index contributed by atoms with van der Waals surface area (Å²) in [4.78, 5) is 4.83. The summed E-state index contributed by atoms with van der Waals surface area (Å²) in [5, 5.41) is 0. The molecular formula is C15H32N2S2Si. The first-order valence-corrected chi connectivity index (χ1v) is 10.5. The number of thioether (sulfide) groups is 1. The Kier molecular flexibility index (Phi) is 14.2. The van der Waals surface area contributed by atoms with Gasteiger partial charge >= 0.3 is 0 Å². The first-order valence-electron chi connectivity index (χ1n) is 7.90. The van der Waals surface area contributed by atoms with E-state index in [9.17, 15) is 0 Å². The summed E-state index contributed by atoms with van der Waals surface area (Å²) in [5.74, 6) is 1.15. The quantitative estimate of drug-likeness (QED) is 0.564. The van der Waals surface area contributed by atoms with Gasteiger partial charge in [0, 0.05) is 35.6 Å². The molecule has 118 valence electrons. The Labute approximate surface area is 138 Å². The van der Waals surface area contributed by atoms with Gasteiger partial charge in [0.05, 0.1) is 0 Å². The van der Waals surface area contributed by atoms with Gasteiger partial charge in [-0.25, -0.2) is 0 Å². The van der Waals surface area contributed by atoms with Crippen molar-refractivity contribution in [2.24, 2.45) is 0 Å². The topological polar surface area (TPSA) is 6.48 Å². The van der Waals surface area contributed by atoms with Crippen LogP contribution in [0.2, 0.25) is 0 Å². The SMILES string of the molecule is CC=C[SiH3].CCN(CC)C(=S)SCCN1CCCCC1. The van der Waals surface area contributed by atoms with Crippen molar-refractivity contribution in [1.29, 1.82) is 0 Å². The summed E-state index contributed by atoms with van der Waals surface area (Å²) in [6.45, 7) is 12.2. The largest absolute Gasteiger partial charge is 0.358 e. The summed E-state index contributed by atoms with van der Waals surface area (Å²) in [6, 6.07) is 0. The van der Waals surface area contributed by atoms with Crippen LogP contribution in [-0.4, -0.2) is 62.8 Å². The highest BCUT2D eigenvalue weighted by Gasteiger charge is 2.11. The fourth-order valence-electron chi connectivity index (χ4n) is 2.02. The number of hydrogen-bond donors (Lipinski definition) is 0. The van der Waals surface area contributed by atoms with Crippen molar-refractivity contribution in [3.8, 4) is 0 Å². The smallest absolute Gasteiger partial charge is 0.136 e. The molecule has 0 saturated carbocycles. The van der Waals surface area contributed by atoms with Crippen molar-refractivity contribution >= 4 is 38.5 Å². The fraction of sp³-hybridized carbons (Fsp3) is 0.800. The number of hydrogen-bond acceptors (Lipinski definition) is 3. The van der Waals surface area contributed by atoms with E-state index < -0.39 is 0 Å². The van der Waals surface area contributed by atoms with Gasteiger partial charge in [0.1, 0.15) is 4.32 Å². The zero-order valence-corrected chi connectivity index (χ0v) is 17.4. The third-order valence-corrected chi connectivity index (χ3v) is 5.61. The van der Waals surface area contributed by atoms with Crippen molar-refractivity contribution in [3.05, 3.63) is 11.8 Å². The third kappa shape index (κ3) is 9.97. The van der Waals surface area contributed by atoms with E-state index in [1.807, 2.05) is 18.7 Å². The van der Waals surface area contributed by atoms with Crippen LogP contribution >= 0.6 is 24.0 Å². The maximum atomic E-state index is 5.41. The molecule has 1 fully saturated rings. The lowest BCUT2D eigenvalue weighted by Crippen LogP contribution is -2.33. The first kappa shape index (κ1) is 20.2. The van der Waals surface area contributed by atoms with E-state index >= 15 is 0 Å². The van der Waals surface area contributed by atoms with E-state index in [0.717, 1.165) is 23.2 Å². The normalized spacial score (nSPS) is 15.9. The molecule has 1 aliphatic rings. The monoisotopic (exact) mass is 332 g/mol. The molecule has 0 aliphatic carbocycles. The second kappa shape index (κ2) is 14.1. The van der Waals surface area contributed by atoms with Crippen LogP contribution in [0.5, 0.6) is 0 Å². The number of likely N-dealkylation sites (tertiary alicyclic amines) is 1. The molecule has 0 aromatic heterocycles. The standard InChI is InChI=1S/C12H24N2S2.C3H8Si/c1-3-14(4-2)12(15)16-11-10-13-8-6-5-7-9-13;1-2-3-4/h3-11H2,1-2H3;2-3H,1,4H3. The average Bonchev–Trinajstić information content (AvgIpc) is 2.50. The Morgan fingerprint density at radius 3 is 2.25 bits per heavy atom. The van der Waals surface area contributed by atoms with E-state index in [-0.39, 0.29) is 0 Å². The van der Waals surface area contributed by atoms with Crippen LogP contribution in [0.4, 0.5) is 0 Å². The van der Waals surface area contributed by atoms with E-state index in [1.54, 1.807) is 0 Å². The number of rotatable bonds is 5. The first-order chi connectivity index (χ1) is 9.69. The van der Waals surface area contributed by atoms with Gasteiger partial charge in [0.2, 0.25) is 0 Å². The number of nitrogens with zero attached hydrogens (tertiary/aromatic N) is 2. The van der Waals surface area contributed by atoms with E-state index in [1.165, 1.54) is 49.1 Å². The summed E-state index contributed by atoms with van der Waals surface area (Å²) < 4.78 is 1.07. The number of piperidine rings is 1. The molecule has 0 aromatic carbocycles. The highest BCUT2D eigenvalue weighted by molar-refractivity contribution is 8.22. The van der Waals surface area contributed by atoms with Gasteiger partial charge in [-0.3, -0.25) is 0 Å². The third-order valence-electron chi connectivity index (χ3n) is 3.44. The molecule has 1 heterocycles. The Hall–Kier alpha value is 0.157. The molecule has 0 bridgehead atoms. The Bertz CT molecular complexity index is 259. The van der Waals surface area contributed by atoms with E-state index in [2.05, 4.69) is 35.4 Å². The maximum absolute atomic E-state index is 5.41. The van der Waals surface area contributed by atoms with Gasteiger partial charge in [-0.2, -0.15) is 0 Å². The molecule has 1 saturated heterocycles.